The van der Waals surface area contributed by atoms with Crippen molar-refractivity contribution in [3.63, 3.8) is 0 Å². The Hall–Kier alpha value is -6.09. The van der Waals surface area contributed by atoms with Crippen molar-refractivity contribution in [1.82, 2.24) is 4.98 Å². The summed E-state index contributed by atoms with van der Waals surface area (Å²) in [6.45, 7) is 0. The highest BCUT2D eigenvalue weighted by molar-refractivity contribution is 7.27. The summed E-state index contributed by atoms with van der Waals surface area (Å²) < 4.78 is 2.65. The topological polar surface area (TPSA) is 12.9 Å². The summed E-state index contributed by atoms with van der Waals surface area (Å²) in [5.74, 6) is 0. The lowest BCUT2D eigenvalue weighted by Crippen LogP contribution is -1.92. The lowest BCUT2D eigenvalue weighted by atomic mass is 9.87. The molecule has 0 fully saturated rings. The maximum atomic E-state index is 5.19. The number of aromatic nitrogens is 1. The normalized spacial score (nSPS) is 11.7. The average molecular weight is 640 g/mol. The summed E-state index contributed by atoms with van der Waals surface area (Å²) >= 11 is 1.89. The number of benzene rings is 8. The first-order valence-corrected chi connectivity index (χ1v) is 17.5. The molecule has 0 saturated heterocycles. The van der Waals surface area contributed by atoms with E-state index in [1.54, 1.807) is 0 Å². The van der Waals surface area contributed by atoms with Crippen molar-refractivity contribution < 1.29 is 0 Å². The van der Waals surface area contributed by atoms with Crippen LogP contribution in [-0.4, -0.2) is 4.98 Å². The van der Waals surface area contributed by atoms with Crippen LogP contribution < -0.4 is 0 Å². The summed E-state index contributed by atoms with van der Waals surface area (Å²) in [4.78, 5) is 5.19. The molecule has 228 valence electrons. The minimum absolute atomic E-state index is 0.983. The van der Waals surface area contributed by atoms with Crippen molar-refractivity contribution in [3.8, 4) is 44.6 Å². The first-order chi connectivity index (χ1) is 24.3. The molecule has 0 aliphatic heterocycles. The summed E-state index contributed by atoms with van der Waals surface area (Å²) in [7, 11) is 0. The number of thiophene rings is 1. The Kier molecular flexibility index (Phi) is 6.43. The second kappa shape index (κ2) is 11.3. The Labute approximate surface area is 288 Å². The molecule has 0 spiro atoms. The summed E-state index contributed by atoms with van der Waals surface area (Å²) in [6.07, 6.45) is 2.06. The highest BCUT2D eigenvalue weighted by atomic mass is 32.1. The third kappa shape index (κ3) is 4.49. The highest BCUT2D eigenvalue weighted by Gasteiger charge is 2.18. The molecule has 49 heavy (non-hydrogen) atoms. The standard InChI is InChI=1S/C47H29NS/c1-2-11-30(12-3-1)31-21-23-33(24-22-31)44-37-15-6-8-17-39(37)45(40-18-9-7-16-38(40)44)43-28-26-34(29-48-43)36-19-10-20-41-42-27-25-32-13-4-5-14-35(32)46(42)49-47(36)41/h1-29H. The predicted molar refractivity (Wildman–Crippen MR) is 211 cm³/mol. The maximum Gasteiger partial charge on any atom is 0.0714 e. The molecule has 2 heteroatoms. The van der Waals surface area contributed by atoms with Crippen molar-refractivity contribution in [2.75, 3.05) is 0 Å². The second-order valence-corrected chi connectivity index (χ2v) is 13.7. The molecule has 8 aromatic carbocycles. The van der Waals surface area contributed by atoms with Crippen LogP contribution in [0.2, 0.25) is 0 Å². The molecule has 10 aromatic rings. The van der Waals surface area contributed by atoms with Gasteiger partial charge in [-0.3, -0.25) is 4.98 Å². The van der Waals surface area contributed by atoms with Gasteiger partial charge >= 0.3 is 0 Å². The molecule has 0 N–H and O–H groups in total. The van der Waals surface area contributed by atoms with Gasteiger partial charge in [0, 0.05) is 43.1 Å². The predicted octanol–water partition coefficient (Wildman–Crippen LogP) is 13.6. The van der Waals surface area contributed by atoms with E-state index in [9.17, 15) is 0 Å². The molecule has 1 nitrogen and oxygen atoms in total. The smallest absolute Gasteiger partial charge is 0.0714 e. The molecule has 0 amide bonds. The van der Waals surface area contributed by atoms with E-state index >= 15 is 0 Å². The molecule has 10 rings (SSSR count). The minimum Gasteiger partial charge on any atom is -0.256 e. The number of fused-ring (bicyclic) bond motifs is 7. The Balaban J connectivity index is 1.12. The monoisotopic (exact) mass is 639 g/mol. The molecule has 2 aromatic heterocycles. The van der Waals surface area contributed by atoms with Crippen LogP contribution in [0.3, 0.4) is 0 Å². The van der Waals surface area contributed by atoms with E-state index in [2.05, 4.69) is 176 Å². The lowest BCUT2D eigenvalue weighted by molar-refractivity contribution is 1.34. The van der Waals surface area contributed by atoms with E-state index in [0.717, 1.165) is 11.3 Å². The average Bonchev–Trinajstić information content (AvgIpc) is 3.57. The van der Waals surface area contributed by atoms with Gasteiger partial charge in [-0.1, -0.05) is 164 Å². The SMILES string of the molecule is c1ccc(-c2ccc(-c3c4ccccc4c(-c4ccc(-c5cccc6c5sc5c7ccccc7ccc65)cn4)c4ccccc34)cc2)cc1. The van der Waals surface area contributed by atoms with Crippen LogP contribution in [0, 0.1) is 0 Å². The number of rotatable bonds is 4. The number of nitrogens with zero attached hydrogens (tertiary/aromatic N) is 1. The molecule has 0 atom stereocenters. The van der Waals surface area contributed by atoms with Gasteiger partial charge in [-0.05, 0) is 60.6 Å². The van der Waals surface area contributed by atoms with E-state index in [0.29, 0.717) is 0 Å². The molecule has 0 bridgehead atoms. The van der Waals surface area contributed by atoms with Crippen molar-refractivity contribution in [3.05, 3.63) is 176 Å². The molecule has 0 radical (unpaired) electrons. The molecule has 0 saturated carbocycles. The van der Waals surface area contributed by atoms with Crippen molar-refractivity contribution in [2.45, 2.75) is 0 Å². The molecule has 0 unspecified atom stereocenters. The summed E-state index contributed by atoms with van der Waals surface area (Å²) in [5, 5.41) is 10.1. The van der Waals surface area contributed by atoms with E-state index in [1.807, 2.05) is 11.3 Å². The van der Waals surface area contributed by atoms with Gasteiger partial charge in [0.05, 0.1) is 5.69 Å². The zero-order valence-corrected chi connectivity index (χ0v) is 27.4. The van der Waals surface area contributed by atoms with Crippen LogP contribution in [0.5, 0.6) is 0 Å². The number of hydrogen-bond acceptors (Lipinski definition) is 2. The Morgan fingerprint density at radius 3 is 1.57 bits per heavy atom. The quantitative estimate of drug-likeness (QED) is 0.175. The Morgan fingerprint density at radius 1 is 0.327 bits per heavy atom. The van der Waals surface area contributed by atoms with Gasteiger partial charge in [-0.15, -0.1) is 11.3 Å². The molecule has 2 heterocycles. The van der Waals surface area contributed by atoms with Crippen molar-refractivity contribution >= 4 is 63.8 Å². The van der Waals surface area contributed by atoms with E-state index in [-0.39, 0.29) is 0 Å². The van der Waals surface area contributed by atoms with Crippen LogP contribution in [0.15, 0.2) is 176 Å². The third-order valence-corrected chi connectivity index (χ3v) is 11.2. The lowest BCUT2D eigenvalue weighted by Gasteiger charge is -2.17. The van der Waals surface area contributed by atoms with E-state index in [1.165, 1.54) is 85.9 Å². The second-order valence-electron chi connectivity index (χ2n) is 12.7. The van der Waals surface area contributed by atoms with Gasteiger partial charge < -0.3 is 0 Å². The fraction of sp³-hybridized carbons (Fsp3) is 0. The first-order valence-electron chi connectivity index (χ1n) is 16.7. The van der Waals surface area contributed by atoms with Crippen LogP contribution in [-0.2, 0) is 0 Å². The zero-order chi connectivity index (χ0) is 32.3. The molecular weight excluding hydrogens is 611 g/mol. The summed E-state index contributed by atoms with van der Waals surface area (Å²) in [6, 6.07) is 61.5. The minimum atomic E-state index is 0.983. The first kappa shape index (κ1) is 28.0. The Bertz CT molecular complexity index is 2790. The van der Waals surface area contributed by atoms with Gasteiger partial charge in [-0.2, -0.15) is 0 Å². The van der Waals surface area contributed by atoms with Crippen LogP contribution >= 0.6 is 11.3 Å². The fourth-order valence-electron chi connectivity index (χ4n) is 7.63. The maximum absolute atomic E-state index is 5.19. The number of pyridine rings is 1. The fourth-order valence-corrected chi connectivity index (χ4v) is 9.00. The largest absolute Gasteiger partial charge is 0.256 e. The van der Waals surface area contributed by atoms with Gasteiger partial charge in [-0.25, -0.2) is 0 Å². The van der Waals surface area contributed by atoms with Crippen LogP contribution in [0.1, 0.15) is 0 Å². The van der Waals surface area contributed by atoms with E-state index in [4.69, 9.17) is 4.98 Å². The third-order valence-electron chi connectivity index (χ3n) is 9.93. The van der Waals surface area contributed by atoms with Gasteiger partial charge in [0.25, 0.3) is 0 Å². The van der Waals surface area contributed by atoms with Crippen molar-refractivity contribution in [1.29, 1.82) is 0 Å². The molecular formula is C47H29NS. The summed E-state index contributed by atoms with van der Waals surface area (Å²) in [5.41, 5.74) is 9.44. The van der Waals surface area contributed by atoms with Crippen LogP contribution in [0.25, 0.3) is 97.1 Å². The highest BCUT2D eigenvalue weighted by Crippen LogP contribution is 2.45. The molecule has 0 aliphatic rings. The van der Waals surface area contributed by atoms with Crippen molar-refractivity contribution in [2.24, 2.45) is 0 Å². The zero-order valence-electron chi connectivity index (χ0n) is 26.6. The van der Waals surface area contributed by atoms with Gasteiger partial charge in [0.15, 0.2) is 0 Å². The van der Waals surface area contributed by atoms with E-state index < -0.39 is 0 Å². The van der Waals surface area contributed by atoms with Gasteiger partial charge in [0.2, 0.25) is 0 Å². The molecule has 0 aliphatic carbocycles. The Morgan fingerprint density at radius 2 is 0.878 bits per heavy atom. The van der Waals surface area contributed by atoms with Gasteiger partial charge in [0.1, 0.15) is 0 Å². The number of hydrogen-bond donors (Lipinski definition) is 0. The van der Waals surface area contributed by atoms with Crippen LogP contribution in [0.4, 0.5) is 0 Å².